The third-order valence-corrected chi connectivity index (χ3v) is 5.45. The molecule has 1 spiro atoms. The SMILES string of the molecule is COc1cc(OC)c(F)c(N2CC3=C(C=C(Cl)NC3)C3(CC3)C2=O)c1F. The zero-order chi connectivity index (χ0) is 18.6. The van der Waals surface area contributed by atoms with E-state index in [4.69, 9.17) is 21.1 Å². The first-order valence-electron chi connectivity index (χ1n) is 8.18. The maximum atomic E-state index is 14.9. The second-order valence-corrected chi connectivity index (χ2v) is 7.00. The number of amides is 1. The van der Waals surface area contributed by atoms with E-state index in [1.165, 1.54) is 14.2 Å². The van der Waals surface area contributed by atoms with Crippen LogP contribution in [0.4, 0.5) is 14.5 Å². The molecule has 2 aliphatic heterocycles. The summed E-state index contributed by atoms with van der Waals surface area (Å²) in [5, 5.41) is 3.47. The number of halogens is 3. The molecule has 1 N–H and O–H groups in total. The van der Waals surface area contributed by atoms with Crippen LogP contribution in [0.2, 0.25) is 0 Å². The van der Waals surface area contributed by atoms with Crippen molar-refractivity contribution in [1.29, 1.82) is 0 Å². The minimum Gasteiger partial charge on any atom is -0.493 e. The first-order chi connectivity index (χ1) is 12.4. The van der Waals surface area contributed by atoms with Crippen LogP contribution in [0.15, 0.2) is 28.4 Å². The first-order valence-corrected chi connectivity index (χ1v) is 8.56. The number of carbonyl (C=O) groups excluding carboxylic acids is 1. The number of dihydropyridines is 1. The smallest absolute Gasteiger partial charge is 0.238 e. The number of allylic oxidation sites excluding steroid dienone is 1. The van der Waals surface area contributed by atoms with Gasteiger partial charge in [0, 0.05) is 19.2 Å². The number of nitrogens with zero attached hydrogens (tertiary/aromatic N) is 1. The van der Waals surface area contributed by atoms with Crippen molar-refractivity contribution in [2.24, 2.45) is 5.41 Å². The topological polar surface area (TPSA) is 50.8 Å². The average Bonchev–Trinajstić information content (AvgIpc) is 3.42. The summed E-state index contributed by atoms with van der Waals surface area (Å²) in [5.41, 5.74) is 0.584. The van der Waals surface area contributed by atoms with Crippen molar-refractivity contribution in [3.8, 4) is 11.5 Å². The van der Waals surface area contributed by atoms with Gasteiger partial charge in [-0.05, 0) is 30.1 Å². The lowest BCUT2D eigenvalue weighted by atomic mass is 9.84. The van der Waals surface area contributed by atoms with Crippen molar-refractivity contribution >= 4 is 23.2 Å². The normalized spacial score (nSPS) is 20.6. The molecule has 1 aliphatic carbocycles. The monoisotopic (exact) mass is 382 g/mol. The molecule has 0 radical (unpaired) electrons. The molecule has 0 unspecified atom stereocenters. The van der Waals surface area contributed by atoms with E-state index < -0.39 is 22.7 Å². The highest BCUT2D eigenvalue weighted by molar-refractivity contribution is 6.29. The van der Waals surface area contributed by atoms with Crippen LogP contribution in [0.3, 0.4) is 0 Å². The summed E-state index contributed by atoms with van der Waals surface area (Å²) in [6, 6.07) is 1.13. The zero-order valence-electron chi connectivity index (χ0n) is 14.3. The van der Waals surface area contributed by atoms with Crippen molar-refractivity contribution < 1.29 is 23.0 Å². The molecule has 2 heterocycles. The summed E-state index contributed by atoms with van der Waals surface area (Å²) >= 11 is 6.06. The number of rotatable bonds is 3. The van der Waals surface area contributed by atoms with Crippen LogP contribution in [-0.4, -0.2) is 33.2 Å². The van der Waals surface area contributed by atoms with E-state index in [-0.39, 0.29) is 24.0 Å². The quantitative estimate of drug-likeness (QED) is 0.816. The summed E-state index contributed by atoms with van der Waals surface area (Å²) in [5.74, 6) is -2.53. The highest BCUT2D eigenvalue weighted by Crippen LogP contribution is 2.58. The Kier molecular flexibility index (Phi) is 3.87. The predicted octanol–water partition coefficient (Wildman–Crippen LogP) is 3.09. The third-order valence-electron chi connectivity index (χ3n) is 5.21. The fourth-order valence-corrected chi connectivity index (χ4v) is 3.89. The summed E-state index contributed by atoms with van der Waals surface area (Å²) in [7, 11) is 2.55. The van der Waals surface area contributed by atoms with Crippen molar-refractivity contribution in [1.82, 2.24) is 5.32 Å². The second kappa shape index (κ2) is 5.87. The number of benzene rings is 1. The van der Waals surface area contributed by atoms with E-state index in [2.05, 4.69) is 5.32 Å². The van der Waals surface area contributed by atoms with Crippen LogP contribution in [-0.2, 0) is 4.79 Å². The Bertz CT molecular complexity index is 849. The molecule has 0 saturated heterocycles. The van der Waals surface area contributed by atoms with Gasteiger partial charge in [0.2, 0.25) is 5.91 Å². The van der Waals surface area contributed by atoms with Gasteiger partial charge in [-0.15, -0.1) is 0 Å². The van der Waals surface area contributed by atoms with Crippen LogP contribution in [0.5, 0.6) is 11.5 Å². The summed E-state index contributed by atoms with van der Waals surface area (Å²) < 4.78 is 39.7. The Morgan fingerprint density at radius 1 is 1.19 bits per heavy atom. The molecule has 4 rings (SSSR count). The van der Waals surface area contributed by atoms with E-state index in [0.29, 0.717) is 24.5 Å². The highest BCUT2D eigenvalue weighted by Gasteiger charge is 2.58. The van der Waals surface area contributed by atoms with E-state index in [1.807, 2.05) is 0 Å². The second-order valence-electron chi connectivity index (χ2n) is 6.59. The largest absolute Gasteiger partial charge is 0.493 e. The van der Waals surface area contributed by atoms with Gasteiger partial charge in [0.05, 0.1) is 19.6 Å². The third kappa shape index (κ3) is 2.30. The molecule has 0 bridgehead atoms. The number of anilines is 1. The maximum absolute atomic E-state index is 14.9. The Balaban J connectivity index is 1.87. The Labute approximate surface area is 154 Å². The van der Waals surface area contributed by atoms with Gasteiger partial charge >= 0.3 is 0 Å². The van der Waals surface area contributed by atoms with Crippen LogP contribution < -0.4 is 19.7 Å². The minimum absolute atomic E-state index is 0.0771. The number of methoxy groups -OCH3 is 2. The van der Waals surface area contributed by atoms with Gasteiger partial charge in [-0.3, -0.25) is 4.79 Å². The van der Waals surface area contributed by atoms with Crippen molar-refractivity contribution in [3.63, 3.8) is 0 Å². The van der Waals surface area contributed by atoms with E-state index in [0.717, 1.165) is 22.1 Å². The van der Waals surface area contributed by atoms with E-state index >= 15 is 0 Å². The molecule has 1 fully saturated rings. The molecule has 0 aromatic heterocycles. The average molecular weight is 383 g/mol. The molecule has 0 atom stereocenters. The number of hydrogen-bond acceptors (Lipinski definition) is 4. The molecule has 1 aromatic carbocycles. The predicted molar refractivity (Wildman–Crippen MR) is 92.4 cm³/mol. The molecule has 1 aromatic rings. The van der Waals surface area contributed by atoms with Crippen LogP contribution in [0.25, 0.3) is 0 Å². The molecule has 8 heteroatoms. The van der Waals surface area contributed by atoms with Crippen LogP contribution in [0.1, 0.15) is 12.8 Å². The van der Waals surface area contributed by atoms with Gasteiger partial charge in [0.1, 0.15) is 10.8 Å². The lowest BCUT2D eigenvalue weighted by molar-refractivity contribution is -0.122. The first kappa shape index (κ1) is 17.1. The van der Waals surface area contributed by atoms with Gasteiger partial charge < -0.3 is 19.7 Å². The van der Waals surface area contributed by atoms with Crippen molar-refractivity contribution in [2.75, 3.05) is 32.2 Å². The molecule has 3 aliphatic rings. The maximum Gasteiger partial charge on any atom is 0.238 e. The summed E-state index contributed by atoms with van der Waals surface area (Å²) in [4.78, 5) is 14.3. The van der Waals surface area contributed by atoms with Gasteiger partial charge in [0.25, 0.3) is 0 Å². The lowest BCUT2D eigenvalue weighted by Crippen LogP contribution is -2.47. The number of fused-ring (bicyclic) bond motifs is 1. The van der Waals surface area contributed by atoms with Gasteiger partial charge in [-0.25, -0.2) is 8.78 Å². The lowest BCUT2D eigenvalue weighted by Gasteiger charge is -2.37. The molecule has 1 amide bonds. The summed E-state index contributed by atoms with van der Waals surface area (Å²) in [6.07, 6.45) is 3.01. The number of carbonyl (C=O) groups is 1. The molecule has 5 nitrogen and oxygen atoms in total. The van der Waals surface area contributed by atoms with Gasteiger partial charge in [0.15, 0.2) is 23.1 Å². The number of hydrogen-bond donors (Lipinski definition) is 1. The van der Waals surface area contributed by atoms with Crippen molar-refractivity contribution in [2.45, 2.75) is 12.8 Å². The molecular weight excluding hydrogens is 366 g/mol. The van der Waals surface area contributed by atoms with Gasteiger partial charge in [-0.1, -0.05) is 11.6 Å². The fourth-order valence-electron chi connectivity index (χ4n) is 3.72. The fraction of sp³-hybridized carbons (Fsp3) is 0.389. The standard InChI is InChI=1S/C18H17ClF2N2O3/c1-25-11-6-12(26-2)15(21)16(14(11)20)23-8-9-7-22-13(19)5-10(9)18(3-4-18)17(23)24/h5-6,22H,3-4,7-8H2,1-2H3. The highest BCUT2D eigenvalue weighted by atomic mass is 35.5. The van der Waals surface area contributed by atoms with Crippen LogP contribution in [0, 0.1) is 17.0 Å². The zero-order valence-corrected chi connectivity index (χ0v) is 15.0. The number of ether oxygens (including phenoxy) is 2. The van der Waals surface area contributed by atoms with Crippen molar-refractivity contribution in [3.05, 3.63) is 40.1 Å². The molecule has 1 saturated carbocycles. The van der Waals surface area contributed by atoms with Crippen LogP contribution >= 0.6 is 11.6 Å². The Morgan fingerprint density at radius 3 is 2.35 bits per heavy atom. The molecular formula is C18H17ClF2N2O3. The molecule has 26 heavy (non-hydrogen) atoms. The van der Waals surface area contributed by atoms with E-state index in [9.17, 15) is 13.6 Å². The van der Waals surface area contributed by atoms with Gasteiger partial charge in [-0.2, -0.15) is 0 Å². The Hall–Kier alpha value is -2.28. The molecule has 138 valence electrons. The number of nitrogens with one attached hydrogen (secondary N) is 1. The minimum atomic E-state index is -0.920. The van der Waals surface area contributed by atoms with E-state index in [1.54, 1.807) is 6.08 Å². The summed E-state index contributed by atoms with van der Waals surface area (Å²) in [6.45, 7) is 0.508. The Morgan fingerprint density at radius 2 is 1.81 bits per heavy atom.